The fourth-order valence-corrected chi connectivity index (χ4v) is 3.51. The van der Waals surface area contributed by atoms with Gasteiger partial charge in [0.15, 0.2) is 0 Å². The number of aliphatic imine (C=N–C) groups is 1. The van der Waals surface area contributed by atoms with Crippen molar-refractivity contribution in [1.82, 2.24) is 4.57 Å². The molecule has 1 aromatic heterocycles. The van der Waals surface area contributed by atoms with Gasteiger partial charge in [-0.25, -0.2) is 9.18 Å². The number of rotatable bonds is 5. The molecule has 0 atom stereocenters. The van der Waals surface area contributed by atoms with Gasteiger partial charge in [-0.05, 0) is 66.1 Å². The highest BCUT2D eigenvalue weighted by molar-refractivity contribution is 5.94. The molecule has 0 N–H and O–H groups in total. The number of carbonyl (C=O) groups is 1. The van der Waals surface area contributed by atoms with E-state index in [-0.39, 0.29) is 11.8 Å². The van der Waals surface area contributed by atoms with E-state index < -0.39 is 0 Å². The van der Waals surface area contributed by atoms with Gasteiger partial charge in [0, 0.05) is 29.9 Å². The molecule has 0 bridgehead atoms. The largest absolute Gasteiger partial charge is 0.465 e. The molecule has 4 aromatic rings. The van der Waals surface area contributed by atoms with Crippen molar-refractivity contribution in [3.63, 3.8) is 0 Å². The first-order chi connectivity index (χ1) is 14.5. The molecule has 0 saturated carbocycles. The predicted molar refractivity (Wildman–Crippen MR) is 117 cm³/mol. The van der Waals surface area contributed by atoms with Crippen molar-refractivity contribution >= 4 is 28.8 Å². The fraction of sp³-hybridized carbons (Fsp3) is 0.120. The molecule has 0 saturated heterocycles. The SMILES string of the molecule is COC(=O)c1cccc(N=Cc2ccc3c(ccn3Cc3cccc(F)c3)c2)c1C. The van der Waals surface area contributed by atoms with Gasteiger partial charge in [-0.15, -0.1) is 0 Å². The van der Waals surface area contributed by atoms with Crippen LogP contribution in [-0.4, -0.2) is 23.9 Å². The van der Waals surface area contributed by atoms with Crippen LogP contribution in [0, 0.1) is 12.7 Å². The van der Waals surface area contributed by atoms with E-state index in [4.69, 9.17) is 4.74 Å². The van der Waals surface area contributed by atoms with Gasteiger partial charge < -0.3 is 9.30 Å². The molecular formula is C25H21FN2O2. The molecule has 0 radical (unpaired) electrons. The van der Waals surface area contributed by atoms with Crippen LogP contribution in [0.2, 0.25) is 0 Å². The maximum atomic E-state index is 13.5. The van der Waals surface area contributed by atoms with Crippen LogP contribution in [0.4, 0.5) is 10.1 Å². The molecule has 150 valence electrons. The van der Waals surface area contributed by atoms with E-state index in [1.807, 2.05) is 43.5 Å². The molecule has 0 fully saturated rings. The Kier molecular flexibility index (Phi) is 5.44. The lowest BCUT2D eigenvalue weighted by atomic mass is 10.1. The highest BCUT2D eigenvalue weighted by Gasteiger charge is 2.11. The normalized spacial score (nSPS) is 11.3. The van der Waals surface area contributed by atoms with Gasteiger partial charge in [0.25, 0.3) is 0 Å². The Morgan fingerprint density at radius 3 is 2.73 bits per heavy atom. The number of hydrogen-bond acceptors (Lipinski definition) is 3. The molecule has 0 amide bonds. The van der Waals surface area contributed by atoms with Crippen molar-refractivity contribution in [2.75, 3.05) is 7.11 Å². The van der Waals surface area contributed by atoms with Crippen LogP contribution in [0.3, 0.4) is 0 Å². The number of benzene rings is 3. The summed E-state index contributed by atoms with van der Waals surface area (Å²) in [6, 6.07) is 20.2. The second kappa shape index (κ2) is 8.33. The quantitative estimate of drug-likeness (QED) is 0.320. The third-order valence-electron chi connectivity index (χ3n) is 5.10. The van der Waals surface area contributed by atoms with Gasteiger partial charge in [-0.3, -0.25) is 4.99 Å². The molecule has 3 aromatic carbocycles. The second-order valence-corrected chi connectivity index (χ2v) is 7.09. The summed E-state index contributed by atoms with van der Waals surface area (Å²) in [4.78, 5) is 16.4. The van der Waals surface area contributed by atoms with Gasteiger partial charge in [0.2, 0.25) is 0 Å². The topological polar surface area (TPSA) is 43.6 Å². The first-order valence-electron chi connectivity index (χ1n) is 9.60. The molecule has 0 aliphatic heterocycles. The van der Waals surface area contributed by atoms with Gasteiger partial charge >= 0.3 is 5.97 Å². The van der Waals surface area contributed by atoms with E-state index in [2.05, 4.69) is 15.6 Å². The zero-order chi connectivity index (χ0) is 21.1. The van der Waals surface area contributed by atoms with Crippen LogP contribution in [-0.2, 0) is 11.3 Å². The number of esters is 1. The Bertz CT molecular complexity index is 1260. The van der Waals surface area contributed by atoms with E-state index in [0.717, 1.165) is 33.3 Å². The fourth-order valence-electron chi connectivity index (χ4n) is 3.51. The molecular weight excluding hydrogens is 379 g/mol. The van der Waals surface area contributed by atoms with Gasteiger partial charge in [-0.1, -0.05) is 24.3 Å². The number of nitrogens with zero attached hydrogens (tertiary/aromatic N) is 2. The molecule has 4 rings (SSSR count). The highest BCUT2D eigenvalue weighted by atomic mass is 19.1. The Morgan fingerprint density at radius 2 is 1.93 bits per heavy atom. The van der Waals surface area contributed by atoms with Crippen molar-refractivity contribution in [3.05, 3.63) is 101 Å². The third kappa shape index (κ3) is 4.01. The van der Waals surface area contributed by atoms with Gasteiger partial charge in [0.05, 0.1) is 18.4 Å². The zero-order valence-corrected chi connectivity index (χ0v) is 16.8. The number of ether oxygens (including phenoxy) is 1. The summed E-state index contributed by atoms with van der Waals surface area (Å²) < 4.78 is 20.4. The second-order valence-electron chi connectivity index (χ2n) is 7.09. The Hall–Kier alpha value is -3.73. The minimum atomic E-state index is -0.370. The molecule has 1 heterocycles. The average Bonchev–Trinajstić information content (AvgIpc) is 3.14. The molecule has 0 unspecified atom stereocenters. The zero-order valence-electron chi connectivity index (χ0n) is 16.8. The van der Waals surface area contributed by atoms with E-state index in [1.54, 1.807) is 30.5 Å². The molecule has 5 heteroatoms. The lowest BCUT2D eigenvalue weighted by Gasteiger charge is -2.07. The third-order valence-corrected chi connectivity index (χ3v) is 5.10. The Labute approximate surface area is 174 Å². The maximum absolute atomic E-state index is 13.5. The molecule has 4 nitrogen and oxygen atoms in total. The number of aromatic nitrogens is 1. The Balaban J connectivity index is 1.59. The van der Waals surface area contributed by atoms with Crippen molar-refractivity contribution in [1.29, 1.82) is 0 Å². The average molecular weight is 400 g/mol. The van der Waals surface area contributed by atoms with E-state index >= 15 is 0 Å². The van der Waals surface area contributed by atoms with Crippen LogP contribution in [0.25, 0.3) is 10.9 Å². The Morgan fingerprint density at radius 1 is 1.10 bits per heavy atom. The van der Waals surface area contributed by atoms with Crippen LogP contribution in [0.1, 0.15) is 27.0 Å². The van der Waals surface area contributed by atoms with Crippen LogP contribution < -0.4 is 0 Å². The van der Waals surface area contributed by atoms with Gasteiger partial charge in [0.1, 0.15) is 5.82 Å². The van der Waals surface area contributed by atoms with Crippen molar-refractivity contribution in [2.24, 2.45) is 4.99 Å². The predicted octanol–water partition coefficient (Wildman–Crippen LogP) is 5.67. The first-order valence-corrected chi connectivity index (χ1v) is 9.60. The lowest BCUT2D eigenvalue weighted by molar-refractivity contribution is 0.0600. The van der Waals surface area contributed by atoms with Crippen molar-refractivity contribution in [2.45, 2.75) is 13.5 Å². The summed E-state index contributed by atoms with van der Waals surface area (Å²) in [5.41, 5.74) is 4.95. The lowest BCUT2D eigenvalue weighted by Crippen LogP contribution is -2.03. The van der Waals surface area contributed by atoms with Gasteiger partial charge in [-0.2, -0.15) is 0 Å². The number of methoxy groups -OCH3 is 1. The minimum Gasteiger partial charge on any atom is -0.465 e. The molecule has 30 heavy (non-hydrogen) atoms. The smallest absolute Gasteiger partial charge is 0.338 e. The number of carbonyl (C=O) groups excluding carboxylic acids is 1. The summed E-state index contributed by atoms with van der Waals surface area (Å²) in [7, 11) is 1.37. The molecule has 0 aliphatic rings. The van der Waals surface area contributed by atoms with Crippen LogP contribution in [0.5, 0.6) is 0 Å². The van der Waals surface area contributed by atoms with Crippen molar-refractivity contribution < 1.29 is 13.9 Å². The summed E-state index contributed by atoms with van der Waals surface area (Å²) in [6.07, 6.45) is 3.78. The number of halogens is 1. The van der Waals surface area contributed by atoms with Crippen LogP contribution in [0.15, 0.2) is 77.9 Å². The number of hydrogen-bond donors (Lipinski definition) is 0. The monoisotopic (exact) mass is 400 g/mol. The van der Waals surface area contributed by atoms with E-state index in [9.17, 15) is 9.18 Å². The highest BCUT2D eigenvalue weighted by Crippen LogP contribution is 2.23. The number of fused-ring (bicyclic) bond motifs is 1. The molecule has 0 spiro atoms. The summed E-state index contributed by atoms with van der Waals surface area (Å²) in [5.74, 6) is -0.598. The summed E-state index contributed by atoms with van der Waals surface area (Å²) in [6.45, 7) is 2.46. The minimum absolute atomic E-state index is 0.228. The summed E-state index contributed by atoms with van der Waals surface area (Å²) in [5, 5.41) is 1.08. The standard InChI is InChI=1S/C25H21FN2O2/c1-17-22(25(29)30-2)7-4-8-23(17)27-15-18-9-10-24-20(13-18)11-12-28(24)16-19-5-3-6-21(26)14-19/h3-15H,16H2,1-2H3. The van der Waals surface area contributed by atoms with Crippen molar-refractivity contribution in [3.8, 4) is 0 Å². The van der Waals surface area contributed by atoms with Crippen LogP contribution >= 0.6 is 0 Å². The summed E-state index contributed by atoms with van der Waals surface area (Å²) >= 11 is 0. The van der Waals surface area contributed by atoms with E-state index in [1.165, 1.54) is 13.2 Å². The molecule has 0 aliphatic carbocycles. The van der Waals surface area contributed by atoms with E-state index in [0.29, 0.717) is 12.1 Å². The maximum Gasteiger partial charge on any atom is 0.338 e. The first kappa shape index (κ1) is 19.6.